The molecule has 0 saturated heterocycles. The van der Waals surface area contributed by atoms with Crippen molar-refractivity contribution in [3.05, 3.63) is 0 Å². The molecule has 0 aromatic rings. The molecule has 0 amide bonds. The molecule has 0 rings (SSSR count). The average Bonchev–Trinajstić information content (AvgIpc) is 1.99. The van der Waals surface area contributed by atoms with Crippen LogP contribution in [0.5, 0.6) is 0 Å². The zero-order chi connectivity index (χ0) is 11.6. The summed E-state index contributed by atoms with van der Waals surface area (Å²) in [5, 5.41) is 0. The molecule has 0 fully saturated rings. The molecule has 0 atom stereocenters. The molecule has 0 aromatic heterocycles. The van der Waals surface area contributed by atoms with Crippen molar-refractivity contribution in [1.29, 1.82) is 0 Å². The molecule has 0 aliphatic carbocycles. The van der Waals surface area contributed by atoms with Crippen LogP contribution in [0, 0.1) is 0 Å². The summed E-state index contributed by atoms with van der Waals surface area (Å²) in [7, 11) is -2.23. The van der Waals surface area contributed by atoms with Crippen LogP contribution in [0.1, 0.15) is 12.8 Å². The first-order valence-corrected chi connectivity index (χ1v) is 6.92. The molecule has 0 aliphatic heterocycles. The first kappa shape index (κ1) is 13.8. The normalized spacial score (nSPS) is 14.6. The van der Waals surface area contributed by atoms with Crippen molar-refractivity contribution in [2.24, 2.45) is 0 Å². The lowest BCUT2D eigenvalue weighted by Gasteiger charge is -2.30. The largest absolute Gasteiger partial charge is 0.414 e. The van der Waals surface area contributed by atoms with Gasteiger partial charge in [-0.3, -0.25) is 0 Å². The maximum Gasteiger partial charge on any atom is 0.389 e. The third kappa shape index (κ3) is 3.91. The van der Waals surface area contributed by atoms with E-state index in [1.807, 2.05) is 0 Å². The van der Waals surface area contributed by atoms with Crippen LogP contribution < -0.4 is 0 Å². The minimum atomic E-state index is -4.54. The highest BCUT2D eigenvalue weighted by Crippen LogP contribution is 2.35. The first-order valence-electron chi connectivity index (χ1n) is 4.01. The van der Waals surface area contributed by atoms with Gasteiger partial charge in [0.2, 0.25) is 0 Å². The maximum absolute atomic E-state index is 13.2. The second-order valence-electron chi connectivity index (χ2n) is 3.53. The van der Waals surface area contributed by atoms with Gasteiger partial charge in [0.15, 0.2) is 0 Å². The highest BCUT2D eigenvalue weighted by molar-refractivity contribution is 6.73. The van der Waals surface area contributed by atoms with Gasteiger partial charge in [0.05, 0.1) is 0 Å². The van der Waals surface area contributed by atoms with Gasteiger partial charge in [0.25, 0.3) is 13.9 Å². The fraction of sp³-hybridized carbons (Fsp3) is 1.00. The molecule has 7 heteroatoms. The predicted molar refractivity (Wildman–Crippen MR) is 44.7 cm³/mol. The smallest absolute Gasteiger partial charge is 0.389 e. The van der Waals surface area contributed by atoms with Gasteiger partial charge in [-0.25, -0.2) is 8.78 Å². The first-order chi connectivity index (χ1) is 6.02. The summed E-state index contributed by atoms with van der Waals surface area (Å²) in [4.78, 5) is 0. The minimum Gasteiger partial charge on any atom is -0.414 e. The zero-order valence-electron chi connectivity index (χ0n) is 8.21. The Hall–Kier alpha value is -0.173. The lowest BCUT2D eigenvalue weighted by Crippen LogP contribution is -2.50. The van der Waals surface area contributed by atoms with E-state index >= 15 is 0 Å². The fourth-order valence-electron chi connectivity index (χ4n) is 0.749. The molecule has 14 heavy (non-hydrogen) atoms. The molecule has 0 N–H and O–H groups in total. The Morgan fingerprint density at radius 1 is 1.00 bits per heavy atom. The fourth-order valence-corrected chi connectivity index (χ4v) is 1.77. The van der Waals surface area contributed by atoms with E-state index in [0.29, 0.717) is 0 Å². The molecule has 0 unspecified atom stereocenters. The molecular formula is C7H13F5OSi. The van der Waals surface area contributed by atoms with E-state index in [1.165, 1.54) is 13.1 Å². The second-order valence-corrected chi connectivity index (χ2v) is 7.69. The molecule has 0 aliphatic rings. The SMILES string of the molecule is CO[Si](C)(C)C(F)(F)CCC(F)(F)F. The minimum absolute atomic E-state index is 1.10. The van der Waals surface area contributed by atoms with Crippen LogP contribution in [0.2, 0.25) is 13.1 Å². The lowest BCUT2D eigenvalue weighted by atomic mass is 10.3. The Morgan fingerprint density at radius 3 is 1.71 bits per heavy atom. The zero-order valence-corrected chi connectivity index (χ0v) is 9.21. The van der Waals surface area contributed by atoms with E-state index in [0.717, 1.165) is 7.11 Å². The summed E-state index contributed by atoms with van der Waals surface area (Å²) in [6, 6.07) is 0. The van der Waals surface area contributed by atoms with E-state index in [2.05, 4.69) is 4.43 Å². The monoisotopic (exact) mass is 236 g/mol. The topological polar surface area (TPSA) is 9.23 Å². The molecule has 0 aromatic carbocycles. The number of halogens is 5. The summed E-state index contributed by atoms with van der Waals surface area (Å²) in [5.74, 6) is 0. The Labute approximate surface area is 80.4 Å². The van der Waals surface area contributed by atoms with E-state index in [9.17, 15) is 22.0 Å². The third-order valence-corrected chi connectivity index (χ3v) is 5.15. The molecule has 0 bridgehead atoms. The highest BCUT2D eigenvalue weighted by atomic mass is 28.4. The standard InChI is InChI=1S/C7H13F5OSi/c1-13-14(2,3)7(11,12)5-4-6(8,9)10/h4-5H2,1-3H3. The van der Waals surface area contributed by atoms with Crippen LogP contribution in [0.3, 0.4) is 0 Å². The Kier molecular flexibility index (Phi) is 4.09. The van der Waals surface area contributed by atoms with Gasteiger partial charge in [-0.2, -0.15) is 13.2 Å². The van der Waals surface area contributed by atoms with Gasteiger partial charge in [0.1, 0.15) is 0 Å². The van der Waals surface area contributed by atoms with Crippen LogP contribution in [-0.2, 0) is 4.43 Å². The number of rotatable bonds is 4. The third-order valence-electron chi connectivity index (χ3n) is 2.11. The predicted octanol–water partition coefficient (Wildman–Crippen LogP) is 3.35. The number of hydrogen-bond acceptors (Lipinski definition) is 1. The van der Waals surface area contributed by atoms with Gasteiger partial charge in [0, 0.05) is 20.0 Å². The van der Waals surface area contributed by atoms with Gasteiger partial charge in [-0.15, -0.1) is 0 Å². The van der Waals surface area contributed by atoms with Crippen molar-refractivity contribution in [2.45, 2.75) is 37.7 Å². The van der Waals surface area contributed by atoms with Gasteiger partial charge < -0.3 is 4.43 Å². The summed E-state index contributed by atoms with van der Waals surface area (Å²) in [6.45, 7) is 2.40. The van der Waals surface area contributed by atoms with Crippen LogP contribution >= 0.6 is 0 Å². The Balaban J connectivity index is 4.35. The van der Waals surface area contributed by atoms with E-state index in [4.69, 9.17) is 0 Å². The summed E-state index contributed by atoms with van der Waals surface area (Å²) >= 11 is 0. The van der Waals surface area contributed by atoms with E-state index in [-0.39, 0.29) is 0 Å². The molecule has 0 spiro atoms. The molecular weight excluding hydrogens is 223 g/mol. The summed E-state index contributed by atoms with van der Waals surface area (Å²) in [6.07, 6.45) is -7.20. The van der Waals surface area contributed by atoms with Crippen molar-refractivity contribution in [3.63, 3.8) is 0 Å². The van der Waals surface area contributed by atoms with Crippen molar-refractivity contribution >= 4 is 8.32 Å². The Bertz CT molecular complexity index is 189. The molecule has 0 radical (unpaired) electrons. The maximum atomic E-state index is 13.2. The average molecular weight is 236 g/mol. The van der Waals surface area contributed by atoms with Crippen LogP contribution in [0.4, 0.5) is 22.0 Å². The molecule has 0 saturated carbocycles. The second kappa shape index (κ2) is 4.14. The van der Waals surface area contributed by atoms with Gasteiger partial charge in [-0.1, -0.05) is 0 Å². The number of alkyl halides is 5. The van der Waals surface area contributed by atoms with Crippen LogP contribution in [0.15, 0.2) is 0 Å². The van der Waals surface area contributed by atoms with Gasteiger partial charge >= 0.3 is 6.18 Å². The highest BCUT2D eigenvalue weighted by Gasteiger charge is 2.51. The quantitative estimate of drug-likeness (QED) is 0.537. The van der Waals surface area contributed by atoms with Crippen molar-refractivity contribution in [1.82, 2.24) is 0 Å². The van der Waals surface area contributed by atoms with Gasteiger partial charge in [-0.05, 0) is 13.1 Å². The lowest BCUT2D eigenvalue weighted by molar-refractivity contribution is -0.145. The van der Waals surface area contributed by atoms with Crippen molar-refractivity contribution in [3.8, 4) is 0 Å². The molecule has 0 heterocycles. The Morgan fingerprint density at radius 2 is 1.43 bits per heavy atom. The van der Waals surface area contributed by atoms with Crippen molar-refractivity contribution < 1.29 is 26.4 Å². The van der Waals surface area contributed by atoms with Crippen molar-refractivity contribution in [2.75, 3.05) is 7.11 Å². The van der Waals surface area contributed by atoms with Crippen LogP contribution in [0.25, 0.3) is 0 Å². The van der Waals surface area contributed by atoms with E-state index < -0.39 is 32.9 Å². The van der Waals surface area contributed by atoms with Crippen LogP contribution in [-0.4, -0.2) is 27.1 Å². The summed E-state index contributed by atoms with van der Waals surface area (Å²) < 4.78 is 66.1. The molecule has 1 nitrogen and oxygen atoms in total. The summed E-state index contributed by atoms with van der Waals surface area (Å²) in [5.41, 5.74) is -3.35. The van der Waals surface area contributed by atoms with E-state index in [1.54, 1.807) is 0 Å². The molecule has 86 valence electrons. The number of hydrogen-bond donors (Lipinski definition) is 0.